The van der Waals surface area contributed by atoms with Crippen LogP contribution in [0, 0.1) is 0 Å². The number of esters is 2. The summed E-state index contributed by atoms with van der Waals surface area (Å²) >= 11 is 0. The monoisotopic (exact) mass is 455 g/mol. The van der Waals surface area contributed by atoms with Gasteiger partial charge in [-0.1, -0.05) is 19.3 Å². The van der Waals surface area contributed by atoms with Gasteiger partial charge in [0.1, 0.15) is 11.4 Å². The van der Waals surface area contributed by atoms with Crippen LogP contribution in [-0.4, -0.2) is 72.7 Å². The largest absolute Gasteiger partial charge is 0.464 e. The van der Waals surface area contributed by atoms with Gasteiger partial charge in [0, 0.05) is 6.04 Å². The van der Waals surface area contributed by atoms with Crippen LogP contribution in [0.4, 0.5) is 9.59 Å². The standard InChI is InChI=1S/C21H33N3O8/c1-5-29-18(25)15-16(19(26)30-6-2)23(20(27)31-7-3)24(21(28)32-8-4)17(15)22-14-12-10-9-11-13-14/h14,16,22H,5-13H2,1-4H3. The van der Waals surface area contributed by atoms with E-state index in [0.29, 0.717) is 0 Å². The highest BCUT2D eigenvalue weighted by molar-refractivity contribution is 6.02. The highest BCUT2D eigenvalue weighted by Crippen LogP contribution is 2.33. The van der Waals surface area contributed by atoms with Crippen LogP contribution >= 0.6 is 0 Å². The summed E-state index contributed by atoms with van der Waals surface area (Å²) in [6.45, 7) is 6.45. The molecule has 1 saturated carbocycles. The van der Waals surface area contributed by atoms with Gasteiger partial charge in [0.05, 0.1) is 26.4 Å². The molecule has 0 bridgehead atoms. The lowest BCUT2D eigenvalue weighted by atomic mass is 9.95. The lowest BCUT2D eigenvalue weighted by molar-refractivity contribution is -0.152. The Morgan fingerprint density at radius 1 is 0.812 bits per heavy atom. The molecule has 0 saturated heterocycles. The third kappa shape index (κ3) is 5.63. The van der Waals surface area contributed by atoms with Crippen molar-refractivity contribution >= 4 is 24.1 Å². The minimum absolute atomic E-state index is 0.00684. The predicted octanol–water partition coefficient (Wildman–Crippen LogP) is 2.46. The third-order valence-corrected chi connectivity index (χ3v) is 5.05. The van der Waals surface area contributed by atoms with Gasteiger partial charge in [0.15, 0.2) is 6.04 Å². The fourth-order valence-electron chi connectivity index (χ4n) is 3.76. The molecule has 0 aromatic carbocycles. The molecule has 1 atom stereocenters. The van der Waals surface area contributed by atoms with Crippen molar-refractivity contribution in [2.45, 2.75) is 71.9 Å². The molecule has 0 aromatic rings. The van der Waals surface area contributed by atoms with Crippen LogP contribution in [0.1, 0.15) is 59.8 Å². The quantitative estimate of drug-likeness (QED) is 0.434. The van der Waals surface area contributed by atoms with E-state index in [4.69, 9.17) is 18.9 Å². The fraction of sp³-hybridized carbons (Fsp3) is 0.714. The van der Waals surface area contributed by atoms with Gasteiger partial charge in [-0.2, -0.15) is 10.0 Å². The van der Waals surface area contributed by atoms with Crippen LogP contribution in [0.3, 0.4) is 0 Å². The second kappa shape index (κ2) is 12.2. The summed E-state index contributed by atoms with van der Waals surface area (Å²) in [6.07, 6.45) is 2.71. The molecule has 1 aliphatic carbocycles. The summed E-state index contributed by atoms with van der Waals surface area (Å²) < 4.78 is 20.5. The average Bonchev–Trinajstić information content (AvgIpc) is 3.10. The maximum absolute atomic E-state index is 13.0. The average molecular weight is 456 g/mol. The molecule has 2 aliphatic rings. The van der Waals surface area contributed by atoms with E-state index in [2.05, 4.69) is 5.32 Å². The van der Waals surface area contributed by atoms with Crippen molar-refractivity contribution in [2.75, 3.05) is 26.4 Å². The number of amides is 2. The van der Waals surface area contributed by atoms with Gasteiger partial charge in [-0.25, -0.2) is 19.2 Å². The lowest BCUT2D eigenvalue weighted by Gasteiger charge is -2.32. The summed E-state index contributed by atoms with van der Waals surface area (Å²) in [6, 6.07) is -1.63. The zero-order valence-corrected chi connectivity index (χ0v) is 19.2. The molecule has 0 aromatic heterocycles. The number of nitrogens with zero attached hydrogens (tertiary/aromatic N) is 2. The third-order valence-electron chi connectivity index (χ3n) is 5.05. The van der Waals surface area contributed by atoms with Gasteiger partial charge < -0.3 is 24.3 Å². The molecule has 0 radical (unpaired) electrons. The molecule has 11 nitrogen and oxygen atoms in total. The molecule has 1 unspecified atom stereocenters. The second-order valence-corrected chi connectivity index (χ2v) is 7.17. The molecule has 2 rings (SSSR count). The first-order valence-electron chi connectivity index (χ1n) is 11.2. The summed E-state index contributed by atoms with van der Waals surface area (Å²) in [7, 11) is 0. The molecular weight excluding hydrogens is 422 g/mol. The van der Waals surface area contributed by atoms with Gasteiger partial charge >= 0.3 is 24.1 Å². The van der Waals surface area contributed by atoms with Crippen LogP contribution < -0.4 is 5.32 Å². The smallest absolute Gasteiger partial charge is 0.435 e. The fourth-order valence-corrected chi connectivity index (χ4v) is 3.76. The molecule has 11 heteroatoms. The Hall–Kier alpha value is -2.98. The summed E-state index contributed by atoms with van der Waals surface area (Å²) in [5.41, 5.74) is -0.197. The van der Waals surface area contributed by atoms with Gasteiger partial charge in [-0.3, -0.25) is 0 Å². The van der Waals surface area contributed by atoms with Gasteiger partial charge in [-0.15, -0.1) is 0 Å². The van der Waals surface area contributed by atoms with E-state index in [1.165, 1.54) is 0 Å². The first-order chi connectivity index (χ1) is 15.4. The van der Waals surface area contributed by atoms with Crippen molar-refractivity contribution in [1.82, 2.24) is 15.3 Å². The number of carbonyl (C=O) groups is 4. The van der Waals surface area contributed by atoms with Crippen molar-refractivity contribution < 1.29 is 38.1 Å². The van der Waals surface area contributed by atoms with E-state index in [-0.39, 0.29) is 43.9 Å². The van der Waals surface area contributed by atoms with Crippen molar-refractivity contribution in [3.05, 3.63) is 11.4 Å². The number of carbonyl (C=O) groups excluding carboxylic acids is 4. The Bertz CT molecular complexity index is 733. The zero-order valence-electron chi connectivity index (χ0n) is 19.2. The molecule has 1 fully saturated rings. The summed E-state index contributed by atoms with van der Waals surface area (Å²) in [5.74, 6) is -1.76. The molecule has 1 heterocycles. The molecule has 1 N–H and O–H groups in total. The Morgan fingerprint density at radius 3 is 1.94 bits per heavy atom. The topological polar surface area (TPSA) is 124 Å². The Labute approximate surface area is 187 Å². The first-order valence-corrected chi connectivity index (χ1v) is 11.2. The number of hydrogen-bond acceptors (Lipinski definition) is 9. The van der Waals surface area contributed by atoms with Gasteiger partial charge in [0.25, 0.3) is 0 Å². The van der Waals surface area contributed by atoms with E-state index >= 15 is 0 Å². The maximum Gasteiger partial charge on any atom is 0.435 e. The first kappa shape index (κ1) is 25.3. The number of rotatable bonds is 8. The molecule has 32 heavy (non-hydrogen) atoms. The molecular formula is C21H33N3O8. The van der Waals surface area contributed by atoms with Crippen molar-refractivity contribution in [1.29, 1.82) is 0 Å². The summed E-state index contributed by atoms with van der Waals surface area (Å²) in [4.78, 5) is 51.7. The molecule has 0 spiro atoms. The van der Waals surface area contributed by atoms with Crippen LogP contribution in [0.25, 0.3) is 0 Å². The van der Waals surface area contributed by atoms with Crippen LogP contribution in [0.5, 0.6) is 0 Å². The van der Waals surface area contributed by atoms with E-state index in [1.807, 2.05) is 0 Å². The highest BCUT2D eigenvalue weighted by Gasteiger charge is 2.54. The van der Waals surface area contributed by atoms with Gasteiger partial charge in [-0.05, 0) is 40.5 Å². The highest BCUT2D eigenvalue weighted by atomic mass is 16.6. The molecule has 180 valence electrons. The van der Waals surface area contributed by atoms with E-state index in [0.717, 1.165) is 42.1 Å². The van der Waals surface area contributed by atoms with Crippen LogP contribution in [0.2, 0.25) is 0 Å². The maximum atomic E-state index is 13.0. The van der Waals surface area contributed by atoms with E-state index < -0.39 is 30.2 Å². The minimum Gasteiger partial charge on any atom is -0.464 e. The van der Waals surface area contributed by atoms with E-state index in [1.54, 1.807) is 27.7 Å². The number of nitrogens with one attached hydrogen (secondary N) is 1. The predicted molar refractivity (Wildman–Crippen MR) is 112 cm³/mol. The molecule has 2 amide bonds. The summed E-state index contributed by atoms with van der Waals surface area (Å²) in [5, 5.41) is 4.81. The second-order valence-electron chi connectivity index (χ2n) is 7.17. The van der Waals surface area contributed by atoms with Crippen molar-refractivity contribution in [3.8, 4) is 0 Å². The minimum atomic E-state index is -1.57. The number of hydrogen-bond donors (Lipinski definition) is 1. The van der Waals surface area contributed by atoms with E-state index in [9.17, 15) is 19.2 Å². The zero-order chi connectivity index (χ0) is 23.7. The van der Waals surface area contributed by atoms with Gasteiger partial charge in [0.2, 0.25) is 0 Å². The van der Waals surface area contributed by atoms with Crippen LogP contribution in [0.15, 0.2) is 11.4 Å². The van der Waals surface area contributed by atoms with Crippen molar-refractivity contribution in [3.63, 3.8) is 0 Å². The SMILES string of the molecule is CCOC(=O)C1=C(NC2CCCCC2)N(C(=O)OCC)N(C(=O)OCC)C1C(=O)OCC. The van der Waals surface area contributed by atoms with Crippen molar-refractivity contribution in [2.24, 2.45) is 0 Å². The number of ether oxygens (including phenoxy) is 4. The normalized spacial score (nSPS) is 18.9. The lowest BCUT2D eigenvalue weighted by Crippen LogP contribution is -2.54. The molecule has 1 aliphatic heterocycles. The van der Waals surface area contributed by atoms with Crippen LogP contribution in [-0.2, 0) is 28.5 Å². The Balaban J connectivity index is 2.64. The Kier molecular flexibility index (Phi) is 9.61. The number of hydrazine groups is 1. The Morgan fingerprint density at radius 2 is 1.38 bits per heavy atom.